The number of rotatable bonds is 3. The third-order valence-electron chi connectivity index (χ3n) is 4.59. The van der Waals surface area contributed by atoms with Gasteiger partial charge in [0.1, 0.15) is 0 Å². The van der Waals surface area contributed by atoms with Gasteiger partial charge in [-0.1, -0.05) is 12.1 Å². The lowest BCUT2D eigenvalue weighted by Crippen LogP contribution is -2.44. The van der Waals surface area contributed by atoms with Crippen LogP contribution in [0, 0.1) is 6.92 Å². The number of carbonyl (C=O) groups excluding carboxylic acids is 1. The summed E-state index contributed by atoms with van der Waals surface area (Å²) in [5.74, 6) is 0. The minimum absolute atomic E-state index is 0.00201. The number of urea groups is 1. The van der Waals surface area contributed by atoms with E-state index in [2.05, 4.69) is 10.3 Å². The monoisotopic (exact) mass is 340 g/mol. The highest BCUT2D eigenvalue weighted by Crippen LogP contribution is 2.21. The number of aryl methyl sites for hydroxylation is 1. The standard InChI is InChI=1S/C19H24N4O2/c1-13-5-4-6-16(20-13)12-23-17-9-8-15(21-19(25)22(2)3)11-14(17)7-10-18(23)24/h4-7,10,15H,8-9,11-12H2,1-3H3,(H,21,25). The smallest absolute Gasteiger partial charge is 0.317 e. The van der Waals surface area contributed by atoms with Crippen molar-refractivity contribution in [2.75, 3.05) is 14.1 Å². The van der Waals surface area contributed by atoms with Crippen LogP contribution in [0.3, 0.4) is 0 Å². The minimum atomic E-state index is -0.0780. The molecule has 1 unspecified atom stereocenters. The lowest BCUT2D eigenvalue weighted by atomic mass is 9.91. The predicted molar refractivity (Wildman–Crippen MR) is 96.8 cm³/mol. The average molecular weight is 340 g/mol. The van der Waals surface area contributed by atoms with Crippen LogP contribution in [0.5, 0.6) is 0 Å². The summed E-state index contributed by atoms with van der Waals surface area (Å²) >= 11 is 0. The molecule has 6 heteroatoms. The first kappa shape index (κ1) is 17.2. The quantitative estimate of drug-likeness (QED) is 0.925. The van der Waals surface area contributed by atoms with Gasteiger partial charge in [-0.05, 0) is 43.9 Å². The number of aromatic nitrogens is 2. The summed E-state index contributed by atoms with van der Waals surface area (Å²) in [6.45, 7) is 2.43. The van der Waals surface area contributed by atoms with Crippen LogP contribution in [0.25, 0.3) is 0 Å². The molecule has 2 aromatic heterocycles. The van der Waals surface area contributed by atoms with Crippen LogP contribution in [0.4, 0.5) is 4.79 Å². The van der Waals surface area contributed by atoms with Gasteiger partial charge in [0.15, 0.2) is 0 Å². The van der Waals surface area contributed by atoms with Gasteiger partial charge >= 0.3 is 6.03 Å². The first-order valence-corrected chi connectivity index (χ1v) is 8.56. The van der Waals surface area contributed by atoms with E-state index in [1.807, 2.05) is 35.8 Å². The van der Waals surface area contributed by atoms with Crippen LogP contribution in [0.2, 0.25) is 0 Å². The number of nitrogens with zero attached hydrogens (tertiary/aromatic N) is 3. The van der Waals surface area contributed by atoms with Gasteiger partial charge in [0, 0.05) is 37.6 Å². The van der Waals surface area contributed by atoms with Crippen molar-refractivity contribution in [2.45, 2.75) is 38.8 Å². The maximum Gasteiger partial charge on any atom is 0.317 e. The molecule has 6 nitrogen and oxygen atoms in total. The molecule has 0 spiro atoms. The molecule has 25 heavy (non-hydrogen) atoms. The predicted octanol–water partition coefficient (Wildman–Crippen LogP) is 1.73. The van der Waals surface area contributed by atoms with Crippen molar-refractivity contribution in [3.8, 4) is 0 Å². The molecule has 2 amide bonds. The Labute approximate surface area is 147 Å². The normalized spacial score (nSPS) is 16.2. The Balaban J connectivity index is 1.84. The Morgan fingerprint density at radius 3 is 2.84 bits per heavy atom. The van der Waals surface area contributed by atoms with Crippen molar-refractivity contribution in [2.24, 2.45) is 0 Å². The highest BCUT2D eigenvalue weighted by atomic mass is 16.2. The zero-order valence-corrected chi connectivity index (χ0v) is 15.0. The molecule has 132 valence electrons. The van der Waals surface area contributed by atoms with E-state index in [0.29, 0.717) is 6.54 Å². The molecule has 0 saturated heterocycles. The van der Waals surface area contributed by atoms with Crippen LogP contribution < -0.4 is 10.9 Å². The summed E-state index contributed by atoms with van der Waals surface area (Å²) in [5.41, 5.74) is 4.02. The highest BCUT2D eigenvalue weighted by molar-refractivity contribution is 5.73. The SMILES string of the molecule is Cc1cccc(Cn2c3c(ccc2=O)CC(NC(=O)N(C)C)CC3)n1. The summed E-state index contributed by atoms with van der Waals surface area (Å²) in [6.07, 6.45) is 2.35. The van der Waals surface area contributed by atoms with Crippen LogP contribution in [0.1, 0.15) is 29.1 Å². The maximum atomic E-state index is 12.4. The first-order valence-electron chi connectivity index (χ1n) is 8.56. The molecule has 2 heterocycles. The van der Waals surface area contributed by atoms with E-state index in [1.165, 1.54) is 0 Å². The molecule has 1 aliphatic rings. The Bertz CT molecular complexity index is 842. The zero-order chi connectivity index (χ0) is 18.0. The molecule has 0 aromatic carbocycles. The zero-order valence-electron chi connectivity index (χ0n) is 15.0. The highest BCUT2D eigenvalue weighted by Gasteiger charge is 2.23. The molecule has 0 aliphatic heterocycles. The lowest BCUT2D eigenvalue weighted by molar-refractivity contribution is 0.211. The Hall–Kier alpha value is -2.63. The van der Waals surface area contributed by atoms with E-state index in [1.54, 1.807) is 25.1 Å². The van der Waals surface area contributed by atoms with Gasteiger partial charge in [-0.15, -0.1) is 0 Å². The van der Waals surface area contributed by atoms with Gasteiger partial charge in [-0.3, -0.25) is 9.78 Å². The summed E-state index contributed by atoms with van der Waals surface area (Å²) < 4.78 is 1.82. The number of carbonyl (C=O) groups is 1. The number of amides is 2. The Kier molecular flexibility index (Phi) is 4.88. The largest absolute Gasteiger partial charge is 0.335 e. The fourth-order valence-electron chi connectivity index (χ4n) is 3.27. The first-order chi connectivity index (χ1) is 11.9. The number of hydrogen-bond acceptors (Lipinski definition) is 3. The van der Waals surface area contributed by atoms with E-state index in [4.69, 9.17) is 0 Å². The van der Waals surface area contributed by atoms with Gasteiger partial charge in [-0.2, -0.15) is 0 Å². The molecular formula is C19H24N4O2. The fourth-order valence-corrected chi connectivity index (χ4v) is 3.27. The van der Waals surface area contributed by atoms with Crippen LogP contribution in [-0.2, 0) is 19.4 Å². The van der Waals surface area contributed by atoms with E-state index in [0.717, 1.165) is 41.9 Å². The van der Waals surface area contributed by atoms with Crippen molar-refractivity contribution < 1.29 is 4.79 Å². The fraction of sp³-hybridized carbons (Fsp3) is 0.421. The number of hydrogen-bond donors (Lipinski definition) is 1. The molecule has 3 rings (SSSR count). The van der Waals surface area contributed by atoms with Crippen molar-refractivity contribution in [1.82, 2.24) is 19.8 Å². The van der Waals surface area contributed by atoms with E-state index >= 15 is 0 Å². The summed E-state index contributed by atoms with van der Waals surface area (Å²) in [6, 6.07) is 9.39. The second-order valence-electron chi connectivity index (χ2n) is 6.78. The van der Waals surface area contributed by atoms with Crippen LogP contribution in [-0.4, -0.2) is 40.6 Å². The number of pyridine rings is 2. The molecule has 0 fully saturated rings. The summed E-state index contributed by atoms with van der Waals surface area (Å²) in [4.78, 5) is 30.3. The average Bonchev–Trinajstić information content (AvgIpc) is 2.57. The van der Waals surface area contributed by atoms with E-state index < -0.39 is 0 Å². The molecular weight excluding hydrogens is 316 g/mol. The third-order valence-corrected chi connectivity index (χ3v) is 4.59. The van der Waals surface area contributed by atoms with Crippen molar-refractivity contribution in [1.29, 1.82) is 0 Å². The van der Waals surface area contributed by atoms with Gasteiger partial charge in [0.2, 0.25) is 0 Å². The van der Waals surface area contributed by atoms with Crippen molar-refractivity contribution in [3.63, 3.8) is 0 Å². The molecule has 0 bridgehead atoms. The minimum Gasteiger partial charge on any atom is -0.335 e. The molecule has 2 aromatic rings. The van der Waals surface area contributed by atoms with E-state index in [-0.39, 0.29) is 17.6 Å². The maximum absolute atomic E-state index is 12.4. The lowest BCUT2D eigenvalue weighted by Gasteiger charge is -2.28. The number of fused-ring (bicyclic) bond motifs is 1. The van der Waals surface area contributed by atoms with Gasteiger partial charge in [-0.25, -0.2) is 4.79 Å². The second-order valence-corrected chi connectivity index (χ2v) is 6.78. The third kappa shape index (κ3) is 3.90. The molecule has 0 saturated carbocycles. The number of nitrogens with one attached hydrogen (secondary N) is 1. The molecule has 1 atom stereocenters. The van der Waals surface area contributed by atoms with Crippen molar-refractivity contribution >= 4 is 6.03 Å². The Morgan fingerprint density at radius 1 is 1.32 bits per heavy atom. The summed E-state index contributed by atoms with van der Waals surface area (Å²) in [7, 11) is 3.47. The summed E-state index contributed by atoms with van der Waals surface area (Å²) in [5, 5.41) is 3.04. The van der Waals surface area contributed by atoms with Crippen molar-refractivity contribution in [3.05, 3.63) is 63.3 Å². The molecule has 1 aliphatic carbocycles. The van der Waals surface area contributed by atoms with Crippen LogP contribution in [0.15, 0.2) is 35.1 Å². The van der Waals surface area contributed by atoms with Gasteiger partial charge in [0.25, 0.3) is 5.56 Å². The van der Waals surface area contributed by atoms with E-state index in [9.17, 15) is 9.59 Å². The van der Waals surface area contributed by atoms with Crippen LogP contribution >= 0.6 is 0 Å². The topological polar surface area (TPSA) is 67.2 Å². The van der Waals surface area contributed by atoms with Gasteiger partial charge in [0.05, 0.1) is 12.2 Å². The second kappa shape index (κ2) is 7.09. The molecule has 0 radical (unpaired) electrons. The Morgan fingerprint density at radius 2 is 2.12 bits per heavy atom. The van der Waals surface area contributed by atoms with Gasteiger partial charge < -0.3 is 14.8 Å². The molecule has 1 N–H and O–H groups in total.